The third-order valence-electron chi connectivity index (χ3n) is 13.5. The monoisotopic (exact) mass is 1260 g/mol. The van der Waals surface area contributed by atoms with Crippen molar-refractivity contribution in [2.75, 3.05) is 39.6 Å². The number of rotatable bonds is 62. The largest absolute Gasteiger partial charge is 0.472 e. The van der Waals surface area contributed by atoms with Crippen molar-refractivity contribution in [3.05, 3.63) is 109 Å². The highest BCUT2D eigenvalue weighted by Gasteiger charge is 2.29. The summed E-state index contributed by atoms with van der Waals surface area (Å²) in [6.45, 7) is 2.44. The van der Waals surface area contributed by atoms with E-state index >= 15 is 0 Å². The van der Waals surface area contributed by atoms with E-state index in [-0.39, 0.29) is 19.3 Å². The van der Waals surface area contributed by atoms with Gasteiger partial charge in [0.15, 0.2) is 6.10 Å². The zero-order valence-corrected chi connectivity index (χ0v) is 55.7. The summed E-state index contributed by atoms with van der Waals surface area (Å²) in [7, 11) is -9.78. The maximum Gasteiger partial charge on any atom is 0.472 e. The molecule has 4 N–H and O–H groups in total. The van der Waals surface area contributed by atoms with Crippen LogP contribution in [0.3, 0.4) is 0 Å². The molecule has 0 aromatic heterocycles. The molecule has 0 aliphatic carbocycles. The van der Waals surface area contributed by atoms with Crippen LogP contribution in [0.15, 0.2) is 109 Å². The van der Waals surface area contributed by atoms with E-state index in [1.807, 2.05) is 0 Å². The van der Waals surface area contributed by atoms with Crippen LogP contribution in [0.4, 0.5) is 0 Å². The minimum Gasteiger partial charge on any atom is -0.463 e. The fourth-order valence-electron chi connectivity index (χ4n) is 8.36. The number of aliphatic hydroxyl groups is 2. The molecule has 0 aromatic carbocycles. The van der Waals surface area contributed by atoms with Gasteiger partial charge in [-0.15, -0.1) is 0 Å². The molecule has 0 rings (SSSR count). The van der Waals surface area contributed by atoms with Gasteiger partial charge >= 0.3 is 33.6 Å². The Balaban J connectivity index is 4.63. The highest BCUT2D eigenvalue weighted by molar-refractivity contribution is 7.47. The lowest BCUT2D eigenvalue weighted by Crippen LogP contribution is -2.30. The van der Waals surface area contributed by atoms with Crippen molar-refractivity contribution >= 4 is 33.6 Å². The van der Waals surface area contributed by atoms with E-state index in [4.69, 9.17) is 32.3 Å². The summed E-state index contributed by atoms with van der Waals surface area (Å²) in [4.78, 5) is 58.2. The van der Waals surface area contributed by atoms with Gasteiger partial charge in [-0.25, -0.2) is 9.13 Å². The molecule has 0 aliphatic rings. The normalized spacial score (nSPS) is 15.0. The quantitative estimate of drug-likeness (QED) is 0.0146. The number of phosphoric acid groups is 2. The van der Waals surface area contributed by atoms with Crippen molar-refractivity contribution in [1.29, 1.82) is 0 Å². The molecule has 0 saturated heterocycles. The topological polar surface area (TPSA) is 231 Å². The Bertz CT molecular complexity index is 2030. The number of phosphoric ester groups is 2. The SMILES string of the molecule is CC/C=C\C/C=C\C/C=C\C/C=C\C/C=C\C/C=C\CCCCCCC(=O)OCC(O)COP(=O)(O)OCC(O)COP(=O)(O)OCC(COC(=O)CCCCCCC/C=C\C/C=C\CCCCC)OC(=O)CCCCCCC/C=C\CCCCCC. The summed E-state index contributed by atoms with van der Waals surface area (Å²) in [6, 6.07) is 0. The Hall–Kier alpha value is -3.79. The predicted molar refractivity (Wildman–Crippen MR) is 353 cm³/mol. The number of aliphatic hydroxyl groups excluding tert-OH is 2. The third kappa shape index (κ3) is 63.6. The van der Waals surface area contributed by atoms with Crippen molar-refractivity contribution in [1.82, 2.24) is 0 Å². The molecule has 0 spiro atoms. The Morgan fingerprint density at radius 3 is 1.00 bits per heavy atom. The second-order valence-electron chi connectivity index (χ2n) is 21.9. The van der Waals surface area contributed by atoms with Gasteiger partial charge in [-0.3, -0.25) is 32.5 Å². The number of unbranched alkanes of at least 4 members (excludes halogenated alkanes) is 21. The fraction of sp³-hybridized carbons (Fsp3) is 0.696. The van der Waals surface area contributed by atoms with E-state index in [0.29, 0.717) is 19.3 Å². The van der Waals surface area contributed by atoms with Gasteiger partial charge in [0.2, 0.25) is 0 Å². The summed E-state index contributed by atoms with van der Waals surface area (Å²) in [6.07, 6.45) is 68.6. The van der Waals surface area contributed by atoms with Gasteiger partial charge in [0.1, 0.15) is 25.4 Å². The average molecular weight is 1270 g/mol. The second-order valence-corrected chi connectivity index (χ2v) is 24.8. The minimum absolute atomic E-state index is 0.0898. The van der Waals surface area contributed by atoms with E-state index in [2.05, 4.69) is 130 Å². The zero-order valence-electron chi connectivity index (χ0n) is 53.9. The molecule has 0 amide bonds. The van der Waals surface area contributed by atoms with Crippen LogP contribution in [0.1, 0.15) is 252 Å². The highest BCUT2D eigenvalue weighted by Crippen LogP contribution is 2.45. The van der Waals surface area contributed by atoms with Crippen molar-refractivity contribution < 1.29 is 75.8 Å². The van der Waals surface area contributed by atoms with E-state index < -0.39 is 91.5 Å². The lowest BCUT2D eigenvalue weighted by molar-refractivity contribution is -0.161. The van der Waals surface area contributed by atoms with Gasteiger partial charge in [-0.05, 0) is 128 Å². The fourth-order valence-corrected chi connectivity index (χ4v) is 9.95. The first-order valence-electron chi connectivity index (χ1n) is 33.2. The van der Waals surface area contributed by atoms with E-state index in [0.717, 1.165) is 148 Å². The Morgan fingerprint density at radius 1 is 0.333 bits per heavy atom. The molecule has 0 saturated carbocycles. The molecule has 0 bridgehead atoms. The second kappa shape index (κ2) is 62.4. The first-order valence-corrected chi connectivity index (χ1v) is 36.2. The van der Waals surface area contributed by atoms with Gasteiger partial charge in [-0.2, -0.15) is 0 Å². The predicted octanol–water partition coefficient (Wildman–Crippen LogP) is 18.1. The standard InChI is InChI=1S/C69H118O16P2/c1-4-7-10-13-16-19-22-25-27-28-29-30-31-32-33-34-36-39-40-43-46-49-52-55-67(72)79-58-64(70)59-81-86(75,76)82-60-65(71)61-83-87(77,78)84-63-66(85-69(74)57-54-51-48-45-42-37-24-21-18-15-12-9-6-3)62-80-68(73)56-53-50-47-44-41-38-35-26-23-20-17-14-11-8-5-2/h7,10,16-17,19-21,24-27,29-30,32-33,35-36,39,64-66,70-71H,4-6,8-9,11-15,18,22-23,28,31,34,37-38,40-63H2,1-3H3,(H,75,76)(H,77,78)/b10-7-,19-16-,20-17-,24-21-,27-25-,30-29-,33-32-,35-26-,39-36-. The van der Waals surface area contributed by atoms with Crippen LogP contribution in [0.2, 0.25) is 0 Å². The van der Waals surface area contributed by atoms with Crippen molar-refractivity contribution in [2.45, 2.75) is 270 Å². The van der Waals surface area contributed by atoms with Crippen LogP contribution in [-0.2, 0) is 55.8 Å². The number of allylic oxidation sites excluding steroid dienone is 18. The van der Waals surface area contributed by atoms with Crippen LogP contribution >= 0.6 is 15.6 Å². The number of hydrogen-bond donors (Lipinski definition) is 4. The van der Waals surface area contributed by atoms with Gasteiger partial charge in [0.25, 0.3) is 0 Å². The maximum absolute atomic E-state index is 12.9. The molecule has 0 heterocycles. The summed E-state index contributed by atoms with van der Waals surface area (Å²) < 4.78 is 60.7. The molecule has 0 aliphatic heterocycles. The van der Waals surface area contributed by atoms with E-state index in [1.54, 1.807) is 0 Å². The smallest absolute Gasteiger partial charge is 0.463 e. The number of hydrogen-bond acceptors (Lipinski definition) is 14. The van der Waals surface area contributed by atoms with Crippen LogP contribution in [-0.4, -0.2) is 95.9 Å². The van der Waals surface area contributed by atoms with Crippen molar-refractivity contribution in [3.8, 4) is 0 Å². The Kier molecular flexibility index (Phi) is 59.7. The van der Waals surface area contributed by atoms with E-state index in [9.17, 15) is 43.5 Å². The van der Waals surface area contributed by atoms with Gasteiger partial charge < -0.3 is 34.2 Å². The highest BCUT2D eigenvalue weighted by atomic mass is 31.2. The molecule has 5 atom stereocenters. The minimum atomic E-state index is -4.93. The van der Waals surface area contributed by atoms with Crippen LogP contribution < -0.4 is 0 Å². The summed E-state index contributed by atoms with van der Waals surface area (Å²) in [5, 5.41) is 20.5. The van der Waals surface area contributed by atoms with Crippen molar-refractivity contribution in [3.63, 3.8) is 0 Å². The molecule has 0 aromatic rings. The first-order chi connectivity index (χ1) is 42.2. The summed E-state index contributed by atoms with van der Waals surface area (Å²) >= 11 is 0. The molecule has 87 heavy (non-hydrogen) atoms. The number of carbonyl (C=O) groups is 3. The Labute approximate surface area is 526 Å². The van der Waals surface area contributed by atoms with Crippen molar-refractivity contribution in [2.24, 2.45) is 0 Å². The molecule has 16 nitrogen and oxygen atoms in total. The zero-order chi connectivity index (χ0) is 63.8. The molecule has 18 heteroatoms. The molecular formula is C69H118O16P2. The lowest BCUT2D eigenvalue weighted by Gasteiger charge is -2.21. The van der Waals surface area contributed by atoms with Gasteiger partial charge in [-0.1, -0.05) is 214 Å². The van der Waals surface area contributed by atoms with Crippen LogP contribution in [0.25, 0.3) is 0 Å². The Morgan fingerprint density at radius 2 is 0.609 bits per heavy atom. The molecule has 500 valence electrons. The molecular weight excluding hydrogens is 1150 g/mol. The van der Waals surface area contributed by atoms with E-state index in [1.165, 1.54) is 44.9 Å². The van der Waals surface area contributed by atoms with Crippen LogP contribution in [0, 0.1) is 0 Å². The van der Waals surface area contributed by atoms with Gasteiger partial charge in [0.05, 0.1) is 26.4 Å². The first kappa shape index (κ1) is 83.2. The lowest BCUT2D eigenvalue weighted by atomic mass is 10.1. The van der Waals surface area contributed by atoms with Gasteiger partial charge in [0, 0.05) is 19.3 Å². The molecule has 0 fully saturated rings. The maximum atomic E-state index is 12.9. The summed E-state index contributed by atoms with van der Waals surface area (Å²) in [5.74, 6) is -1.63. The molecule has 0 radical (unpaired) electrons. The number of ether oxygens (including phenoxy) is 3. The van der Waals surface area contributed by atoms with Crippen LogP contribution in [0.5, 0.6) is 0 Å². The number of esters is 3. The molecule has 5 unspecified atom stereocenters. The number of carbonyl (C=O) groups excluding carboxylic acids is 3. The third-order valence-corrected chi connectivity index (χ3v) is 15.4. The summed E-state index contributed by atoms with van der Waals surface area (Å²) in [5.41, 5.74) is 0. The average Bonchev–Trinajstić information content (AvgIpc) is 3.63.